The van der Waals surface area contributed by atoms with Gasteiger partial charge in [0.05, 0.1) is 32.3 Å². The molecule has 18 N–H and O–H groups in total. The summed E-state index contributed by atoms with van der Waals surface area (Å²) in [5.41, 5.74) is 4.70. The number of aliphatic hydroxyl groups excluding tert-OH is 5. The number of hydroxylamine groups is 4. The lowest BCUT2D eigenvalue weighted by Gasteiger charge is -2.29. The largest absolute Gasteiger partial charge is 0.479 e. The number of carbonyl (C=O) groups excluding carboxylic acids is 11. The molecule has 1 heterocycles. The second kappa shape index (κ2) is 36.2. The van der Waals surface area contributed by atoms with Crippen molar-refractivity contribution in [2.45, 2.75) is 172 Å². The summed E-state index contributed by atoms with van der Waals surface area (Å²) in [4.78, 5) is 154. The number of hydrogen-bond acceptors (Lipinski definition) is 19. The fourth-order valence-electron chi connectivity index (χ4n) is 7.38. The summed E-state index contributed by atoms with van der Waals surface area (Å²) in [7, 11) is 0. The molecule has 0 saturated carbocycles. The first kappa shape index (κ1) is 68.1. The summed E-state index contributed by atoms with van der Waals surface area (Å²) in [5.74, 6) is -14.5. The van der Waals surface area contributed by atoms with Gasteiger partial charge in [-0.25, -0.2) is 14.9 Å². The van der Waals surface area contributed by atoms with Crippen LogP contribution in [-0.4, -0.2) is 210 Å². The maximum atomic E-state index is 13.7. The molecule has 1 aliphatic heterocycles. The highest BCUT2D eigenvalue weighted by atomic mass is 16.5. The second-order valence-electron chi connectivity index (χ2n) is 18.1. The van der Waals surface area contributed by atoms with Crippen LogP contribution in [0.1, 0.15) is 117 Å². The smallest absolute Gasteiger partial charge is 0.335 e. The van der Waals surface area contributed by atoms with Crippen LogP contribution in [-0.2, 0) is 57.5 Å². The van der Waals surface area contributed by atoms with Crippen molar-refractivity contribution in [3.63, 3.8) is 0 Å². The van der Waals surface area contributed by atoms with Gasteiger partial charge in [-0.2, -0.15) is 0 Å². The molecule has 1 fully saturated rings. The first-order valence-corrected chi connectivity index (χ1v) is 25.1. The van der Waals surface area contributed by atoms with Crippen molar-refractivity contribution < 1.29 is 98.6 Å². The summed E-state index contributed by atoms with van der Waals surface area (Å²) in [6.45, 7) is 0.533. The van der Waals surface area contributed by atoms with E-state index in [1.54, 1.807) is 0 Å². The zero-order chi connectivity index (χ0) is 58.4. The van der Waals surface area contributed by atoms with Crippen molar-refractivity contribution in [2.24, 2.45) is 5.73 Å². The number of rotatable bonds is 37. The number of aliphatic hydroxyl groups is 5. The van der Waals surface area contributed by atoms with E-state index in [0.717, 1.165) is 51.5 Å². The molecular formula is C46H77N11O20. The van der Waals surface area contributed by atoms with Gasteiger partial charge in [0.25, 0.3) is 11.8 Å². The van der Waals surface area contributed by atoms with E-state index < -0.39 is 183 Å². The topological polar surface area (TPSA) is 495 Å². The number of nitrogens with one attached hydrogen (secondary N) is 8. The van der Waals surface area contributed by atoms with Gasteiger partial charge < -0.3 is 78.9 Å². The standard InChI is InChI=1S/C46H77N11O20/c1-4-6-7-8-9-10-11-14-26(62)21-35(64)55-36(37(65)46(74)75)44(72)54-33(24-60)42(70)50-29(17-18-34(47)63)40(68)53-31(22-58)41(69)49-28(15-12-19-56(76)25(3)61)39(67)48-27(5-2)38(66)52-32(23-59)43(71)51-30-16-13-20-57(77)45(30)73/h5,26,28-33,36-37,58-60,62,65,76-77H,4,6-24H2,1-3H3,(H2,47,63)(H,48,67)(H,49,69)(H,50,70)(H,51,71)(H,52,66)(H,53,68)(H,54,72)(H,55,64)(H,74,75)/b27-5+/t26?,28-,29-,30+,31-,32+,33+,36+,37+/m0/s1. The number of allylic oxidation sites excluding steroid dienone is 1. The van der Waals surface area contributed by atoms with E-state index in [4.69, 9.17) is 5.73 Å². The third kappa shape index (κ3) is 25.2. The number of amides is 11. The summed E-state index contributed by atoms with van der Waals surface area (Å²) in [6.07, 6.45) is 1.93. The molecule has 9 atom stereocenters. The predicted molar refractivity (Wildman–Crippen MR) is 263 cm³/mol. The van der Waals surface area contributed by atoms with Crippen molar-refractivity contribution in [2.75, 3.05) is 32.9 Å². The quantitative estimate of drug-likeness (QED) is 0.0119. The Morgan fingerprint density at radius 3 is 1.75 bits per heavy atom. The minimum Gasteiger partial charge on any atom is -0.479 e. The molecule has 1 unspecified atom stereocenters. The number of primary amides is 1. The highest BCUT2D eigenvalue weighted by Gasteiger charge is 2.38. The molecule has 31 heteroatoms. The van der Waals surface area contributed by atoms with Gasteiger partial charge in [0.1, 0.15) is 48.0 Å². The third-order valence-corrected chi connectivity index (χ3v) is 11.9. The fourth-order valence-corrected chi connectivity index (χ4v) is 7.38. The van der Waals surface area contributed by atoms with Gasteiger partial charge in [-0.3, -0.25) is 63.2 Å². The SMILES string of the molecule is C/C=C(/NC(=O)[C@H](CCCN(O)C(C)=O)NC(=O)[C@H](CO)NC(=O)[C@H](CCC(N)=O)NC(=O)[C@@H](CO)NC(=O)[C@H](NC(=O)CC(O)CCCCCCCCC)[C@@H](O)C(=O)O)C(=O)N[C@H](CO)C(=O)N[C@@H]1CCCN(O)C1=O. The van der Waals surface area contributed by atoms with Crippen LogP contribution >= 0.6 is 0 Å². The van der Waals surface area contributed by atoms with Crippen molar-refractivity contribution in [1.29, 1.82) is 0 Å². The van der Waals surface area contributed by atoms with Crippen LogP contribution in [0.2, 0.25) is 0 Å². The van der Waals surface area contributed by atoms with Gasteiger partial charge in [0.15, 0.2) is 6.10 Å². The van der Waals surface area contributed by atoms with E-state index in [1.807, 2.05) is 10.6 Å². The number of carboxylic acids is 1. The van der Waals surface area contributed by atoms with Gasteiger partial charge >= 0.3 is 5.97 Å². The number of nitrogens with two attached hydrogens (primary N) is 1. The van der Waals surface area contributed by atoms with E-state index in [2.05, 4.69) is 38.8 Å². The van der Waals surface area contributed by atoms with Crippen LogP contribution in [0.25, 0.3) is 0 Å². The van der Waals surface area contributed by atoms with Crippen LogP contribution in [0.3, 0.4) is 0 Å². The van der Waals surface area contributed by atoms with E-state index in [9.17, 15) is 98.6 Å². The van der Waals surface area contributed by atoms with E-state index in [0.29, 0.717) is 17.9 Å². The Morgan fingerprint density at radius 2 is 1.22 bits per heavy atom. The Kier molecular flexibility index (Phi) is 32.0. The van der Waals surface area contributed by atoms with Crippen LogP contribution in [0, 0.1) is 0 Å². The summed E-state index contributed by atoms with van der Waals surface area (Å²) in [6, 6.07) is -12.8. The zero-order valence-corrected chi connectivity index (χ0v) is 43.4. The molecule has 1 aliphatic rings. The Balaban J connectivity index is 3.24. The molecule has 0 spiro atoms. The van der Waals surface area contributed by atoms with E-state index in [1.165, 1.54) is 6.92 Å². The maximum absolute atomic E-state index is 13.7. The molecule has 436 valence electrons. The molecule has 0 aromatic heterocycles. The molecule has 1 rings (SSSR count). The molecule has 0 radical (unpaired) electrons. The lowest BCUT2D eigenvalue weighted by atomic mass is 10.0. The fraction of sp³-hybridized carbons (Fsp3) is 0.696. The van der Waals surface area contributed by atoms with Gasteiger partial charge in [-0.1, -0.05) is 57.9 Å². The number of piperidine rings is 1. The van der Waals surface area contributed by atoms with Crippen molar-refractivity contribution >= 4 is 70.9 Å². The average Bonchev–Trinajstić information content (AvgIpc) is 3.38. The molecule has 31 nitrogen and oxygen atoms in total. The van der Waals surface area contributed by atoms with Crippen molar-refractivity contribution in [3.05, 3.63) is 11.8 Å². The highest BCUT2D eigenvalue weighted by Crippen LogP contribution is 2.13. The maximum Gasteiger partial charge on any atom is 0.335 e. The Morgan fingerprint density at radius 1 is 0.701 bits per heavy atom. The Bertz CT molecular complexity index is 2060. The molecule has 0 aromatic rings. The van der Waals surface area contributed by atoms with Gasteiger partial charge in [0, 0.05) is 26.4 Å². The number of unbranched alkanes of at least 4 members (excludes halogenated alkanes) is 6. The second-order valence-corrected chi connectivity index (χ2v) is 18.1. The number of carbonyl (C=O) groups is 12. The molecular weight excluding hydrogens is 1030 g/mol. The highest BCUT2D eigenvalue weighted by molar-refractivity contribution is 6.02. The van der Waals surface area contributed by atoms with Gasteiger partial charge in [-0.05, 0) is 45.4 Å². The normalized spacial score (nSPS) is 16.6. The van der Waals surface area contributed by atoms with Gasteiger partial charge in [-0.15, -0.1) is 0 Å². The summed E-state index contributed by atoms with van der Waals surface area (Å²) < 4.78 is 0. The molecule has 0 bridgehead atoms. The molecule has 0 aliphatic carbocycles. The van der Waals surface area contributed by atoms with Crippen LogP contribution in [0.15, 0.2) is 11.8 Å². The summed E-state index contributed by atoms with van der Waals surface area (Å²) in [5, 5.41) is 97.8. The Hall–Kier alpha value is -6.90. The molecule has 1 saturated heterocycles. The van der Waals surface area contributed by atoms with Crippen LogP contribution in [0.5, 0.6) is 0 Å². The first-order chi connectivity index (χ1) is 36.3. The predicted octanol–water partition coefficient (Wildman–Crippen LogP) is -5.99. The minimum atomic E-state index is -2.61. The first-order valence-electron chi connectivity index (χ1n) is 25.1. The number of hydrogen-bond donors (Lipinski definition) is 17. The Labute approximate surface area is 443 Å². The van der Waals surface area contributed by atoms with E-state index in [-0.39, 0.29) is 30.9 Å². The van der Waals surface area contributed by atoms with Crippen LogP contribution in [0.4, 0.5) is 0 Å². The van der Waals surface area contributed by atoms with Gasteiger partial charge in [0.2, 0.25) is 53.2 Å². The third-order valence-electron chi connectivity index (χ3n) is 11.9. The van der Waals surface area contributed by atoms with Crippen LogP contribution < -0.4 is 48.3 Å². The minimum absolute atomic E-state index is 0.0184. The number of nitrogens with zero attached hydrogens (tertiary/aromatic N) is 2. The monoisotopic (exact) mass is 1100 g/mol. The average molecular weight is 1100 g/mol. The number of carboxylic acid groups (broad SMARTS) is 1. The van der Waals surface area contributed by atoms with Crippen molar-refractivity contribution in [1.82, 2.24) is 52.7 Å². The lowest BCUT2D eigenvalue weighted by Crippen LogP contribution is -2.62. The van der Waals surface area contributed by atoms with Crippen molar-refractivity contribution in [3.8, 4) is 0 Å². The zero-order valence-electron chi connectivity index (χ0n) is 43.4. The molecule has 0 aromatic carbocycles. The summed E-state index contributed by atoms with van der Waals surface area (Å²) >= 11 is 0. The molecule has 77 heavy (non-hydrogen) atoms. The lowest BCUT2D eigenvalue weighted by molar-refractivity contribution is -0.173. The number of aliphatic carboxylic acids is 1. The molecule has 11 amide bonds. The van der Waals surface area contributed by atoms with E-state index >= 15 is 0 Å².